The quantitative estimate of drug-likeness (QED) is 0.497. The maximum atomic E-state index is 13.2. The van der Waals surface area contributed by atoms with Crippen LogP contribution < -0.4 is 4.90 Å². The summed E-state index contributed by atoms with van der Waals surface area (Å²) in [7, 11) is 0. The number of piperidine rings is 1. The van der Waals surface area contributed by atoms with Crippen LogP contribution in [0.25, 0.3) is 0 Å². The Balaban J connectivity index is 1.22. The minimum atomic E-state index is -4.33. The Morgan fingerprint density at radius 1 is 1.00 bits per heavy atom. The second-order valence-electron chi connectivity index (χ2n) is 10.8. The van der Waals surface area contributed by atoms with Crippen LogP contribution in [0.3, 0.4) is 0 Å². The third-order valence-electron chi connectivity index (χ3n) is 8.32. The molecule has 4 heterocycles. The number of nitrogens with zero attached hydrogens (tertiary/aromatic N) is 5. The summed E-state index contributed by atoms with van der Waals surface area (Å²) in [6.07, 6.45) is 1.86. The summed E-state index contributed by atoms with van der Waals surface area (Å²) in [5.41, 5.74) is 1.24. The first-order valence-electron chi connectivity index (χ1n) is 14.0. The second kappa shape index (κ2) is 12.9. The van der Waals surface area contributed by atoms with Crippen molar-refractivity contribution in [3.63, 3.8) is 0 Å². The molecule has 3 aliphatic rings. The molecule has 1 amide bonds. The van der Waals surface area contributed by atoms with Crippen LogP contribution in [0.4, 0.5) is 18.9 Å². The van der Waals surface area contributed by atoms with Gasteiger partial charge in [-0.25, -0.2) is 0 Å². The molecular weight excluding hydrogens is 523 g/mol. The zero-order valence-corrected chi connectivity index (χ0v) is 23.2. The summed E-state index contributed by atoms with van der Waals surface area (Å²) in [5.74, 6) is 2.69. The highest BCUT2D eigenvalue weighted by Gasteiger charge is 2.36. The van der Waals surface area contributed by atoms with Crippen LogP contribution in [-0.4, -0.2) is 95.5 Å². The van der Waals surface area contributed by atoms with E-state index in [9.17, 15) is 18.0 Å². The third kappa shape index (κ3) is 7.46. The number of pyridine rings is 1. The molecule has 5 rings (SSSR count). The highest BCUT2D eigenvalue weighted by Crippen LogP contribution is 2.33. The summed E-state index contributed by atoms with van der Waals surface area (Å²) in [5, 5.41) is 0. The van der Waals surface area contributed by atoms with Crippen molar-refractivity contribution >= 4 is 23.4 Å². The summed E-state index contributed by atoms with van der Waals surface area (Å²) in [6.45, 7) is 7.52. The molecule has 0 unspecified atom stereocenters. The number of aromatic nitrogens is 1. The zero-order chi connectivity index (χ0) is 27.2. The SMILES string of the molecule is O=C(CC[C@@H]1CN(Cc2cccnc2)CC[C@@H]1N1CCN(c2cccc(C(F)(F)F)c2)CC1)N1CCSCC1. The molecule has 212 valence electrons. The summed E-state index contributed by atoms with van der Waals surface area (Å²) in [4.78, 5) is 26.4. The van der Waals surface area contributed by atoms with Crippen molar-refractivity contribution in [2.75, 3.05) is 68.8 Å². The predicted octanol–water partition coefficient (Wildman–Crippen LogP) is 4.47. The van der Waals surface area contributed by atoms with Gasteiger partial charge in [0.15, 0.2) is 0 Å². The molecule has 3 saturated heterocycles. The van der Waals surface area contributed by atoms with Gasteiger partial charge in [-0.05, 0) is 55.1 Å². The molecule has 2 aromatic rings. The van der Waals surface area contributed by atoms with Crippen molar-refractivity contribution in [1.82, 2.24) is 19.7 Å². The monoisotopic (exact) mass is 561 g/mol. The lowest BCUT2D eigenvalue weighted by atomic mass is 9.86. The molecule has 6 nitrogen and oxygen atoms in total. The molecule has 10 heteroatoms. The number of halogens is 3. The number of likely N-dealkylation sites (tertiary alicyclic amines) is 1. The number of benzene rings is 1. The zero-order valence-electron chi connectivity index (χ0n) is 22.4. The first-order valence-corrected chi connectivity index (χ1v) is 15.2. The number of hydrogen-bond acceptors (Lipinski definition) is 6. The fourth-order valence-corrected chi connectivity index (χ4v) is 7.13. The molecule has 0 N–H and O–H groups in total. The van der Waals surface area contributed by atoms with Crippen molar-refractivity contribution in [3.05, 3.63) is 59.9 Å². The van der Waals surface area contributed by atoms with E-state index in [0.29, 0.717) is 37.2 Å². The third-order valence-corrected chi connectivity index (χ3v) is 9.26. The summed E-state index contributed by atoms with van der Waals surface area (Å²) < 4.78 is 39.7. The minimum Gasteiger partial charge on any atom is -0.369 e. The lowest BCUT2D eigenvalue weighted by Crippen LogP contribution is -2.56. The number of carbonyl (C=O) groups is 1. The van der Waals surface area contributed by atoms with E-state index >= 15 is 0 Å². The van der Waals surface area contributed by atoms with Gasteiger partial charge < -0.3 is 9.80 Å². The molecule has 39 heavy (non-hydrogen) atoms. The van der Waals surface area contributed by atoms with E-state index in [0.717, 1.165) is 76.2 Å². The van der Waals surface area contributed by atoms with Gasteiger partial charge in [0.1, 0.15) is 0 Å². The predicted molar refractivity (Wildman–Crippen MR) is 150 cm³/mol. The Labute approximate surface area is 233 Å². The van der Waals surface area contributed by atoms with Crippen LogP contribution in [0.2, 0.25) is 0 Å². The Kier molecular flexibility index (Phi) is 9.35. The lowest BCUT2D eigenvalue weighted by molar-refractivity contribution is -0.137. The van der Waals surface area contributed by atoms with E-state index in [1.54, 1.807) is 12.3 Å². The Bertz CT molecular complexity index is 1070. The Hall–Kier alpha value is -2.30. The van der Waals surface area contributed by atoms with Crippen molar-refractivity contribution < 1.29 is 18.0 Å². The Morgan fingerprint density at radius 2 is 1.79 bits per heavy atom. The van der Waals surface area contributed by atoms with Gasteiger partial charge >= 0.3 is 6.18 Å². The standard InChI is InChI=1S/C29H38F3N5OS/c30-29(31,32)25-4-1-5-26(19-25)35-11-13-36(14-12-35)27-8-10-34(21-23-3-2-9-33-20-23)22-24(27)6-7-28(38)37-15-17-39-18-16-37/h1-5,9,19-20,24,27H,6-8,10-18,21-22H2/t24-,27+/m1/s1. The topological polar surface area (TPSA) is 42.9 Å². The highest BCUT2D eigenvalue weighted by atomic mass is 32.2. The minimum absolute atomic E-state index is 0.271. The van der Waals surface area contributed by atoms with Gasteiger partial charge in [-0.1, -0.05) is 12.1 Å². The van der Waals surface area contributed by atoms with Crippen LogP contribution in [0, 0.1) is 5.92 Å². The first kappa shape index (κ1) is 28.2. The number of amides is 1. The summed E-state index contributed by atoms with van der Waals surface area (Å²) >= 11 is 1.91. The number of anilines is 1. The van der Waals surface area contributed by atoms with Crippen molar-refractivity contribution in [2.45, 2.75) is 38.0 Å². The van der Waals surface area contributed by atoms with Gasteiger partial charge in [0, 0.05) is 94.4 Å². The number of hydrogen-bond donors (Lipinski definition) is 0. The number of alkyl halides is 3. The van der Waals surface area contributed by atoms with Gasteiger partial charge in [0.25, 0.3) is 0 Å². The van der Waals surface area contributed by atoms with Gasteiger partial charge in [-0.15, -0.1) is 0 Å². The smallest absolute Gasteiger partial charge is 0.369 e. The van der Waals surface area contributed by atoms with Gasteiger partial charge in [0.2, 0.25) is 5.91 Å². The van der Waals surface area contributed by atoms with Gasteiger partial charge in [-0.2, -0.15) is 24.9 Å². The number of carbonyl (C=O) groups excluding carboxylic acids is 1. The van der Waals surface area contributed by atoms with E-state index < -0.39 is 11.7 Å². The van der Waals surface area contributed by atoms with Crippen LogP contribution in [-0.2, 0) is 17.5 Å². The molecule has 0 bridgehead atoms. The largest absolute Gasteiger partial charge is 0.416 e. The molecule has 0 saturated carbocycles. The van der Waals surface area contributed by atoms with Crippen LogP contribution in [0.1, 0.15) is 30.4 Å². The molecule has 0 spiro atoms. The first-order chi connectivity index (χ1) is 18.9. The number of rotatable bonds is 7. The van der Waals surface area contributed by atoms with Crippen LogP contribution in [0.5, 0.6) is 0 Å². The molecule has 1 aromatic carbocycles. The Morgan fingerprint density at radius 3 is 2.51 bits per heavy atom. The molecule has 0 radical (unpaired) electrons. The molecule has 0 aliphatic carbocycles. The fraction of sp³-hybridized carbons (Fsp3) is 0.586. The normalized spacial score (nSPS) is 23.7. The van der Waals surface area contributed by atoms with Crippen LogP contribution >= 0.6 is 11.8 Å². The van der Waals surface area contributed by atoms with Gasteiger partial charge in [0.05, 0.1) is 5.56 Å². The van der Waals surface area contributed by atoms with Crippen LogP contribution in [0.15, 0.2) is 48.8 Å². The lowest BCUT2D eigenvalue weighted by Gasteiger charge is -2.47. The van der Waals surface area contributed by atoms with E-state index in [1.807, 2.05) is 28.9 Å². The second-order valence-corrected chi connectivity index (χ2v) is 12.0. The highest BCUT2D eigenvalue weighted by molar-refractivity contribution is 7.99. The maximum absolute atomic E-state index is 13.2. The van der Waals surface area contributed by atoms with Crippen molar-refractivity contribution in [1.29, 1.82) is 0 Å². The molecule has 3 aliphatic heterocycles. The number of thioether (sulfide) groups is 1. The number of piperazine rings is 1. The van der Waals surface area contributed by atoms with Crippen molar-refractivity contribution in [3.8, 4) is 0 Å². The average molecular weight is 562 g/mol. The van der Waals surface area contributed by atoms with E-state index in [2.05, 4.69) is 25.8 Å². The molecule has 3 fully saturated rings. The molecule has 2 atom stereocenters. The average Bonchev–Trinajstić information content (AvgIpc) is 2.97. The summed E-state index contributed by atoms with van der Waals surface area (Å²) in [6, 6.07) is 10.1. The molecular formula is C29H38F3N5OS. The van der Waals surface area contributed by atoms with E-state index in [1.165, 1.54) is 17.7 Å². The maximum Gasteiger partial charge on any atom is 0.416 e. The molecule has 1 aromatic heterocycles. The van der Waals surface area contributed by atoms with E-state index in [4.69, 9.17) is 0 Å². The van der Waals surface area contributed by atoms with E-state index in [-0.39, 0.29) is 5.91 Å². The van der Waals surface area contributed by atoms with Gasteiger partial charge in [-0.3, -0.25) is 19.6 Å². The van der Waals surface area contributed by atoms with Crippen molar-refractivity contribution in [2.24, 2.45) is 5.92 Å². The fourth-order valence-electron chi connectivity index (χ4n) is 6.22.